The fourth-order valence-electron chi connectivity index (χ4n) is 2.88. The summed E-state index contributed by atoms with van der Waals surface area (Å²) in [4.78, 5) is 16.4. The lowest BCUT2D eigenvalue weighted by atomic mass is 10.2. The van der Waals surface area contributed by atoms with Crippen LogP contribution < -0.4 is 9.47 Å². The molecule has 28 heavy (non-hydrogen) atoms. The number of methoxy groups -OCH3 is 1. The molecule has 0 spiro atoms. The van der Waals surface area contributed by atoms with Crippen molar-refractivity contribution in [2.75, 3.05) is 14.2 Å². The molecule has 0 aliphatic heterocycles. The van der Waals surface area contributed by atoms with Gasteiger partial charge in [0.2, 0.25) is 0 Å². The second kappa shape index (κ2) is 8.93. The van der Waals surface area contributed by atoms with Crippen molar-refractivity contribution >= 4 is 17.2 Å². The van der Waals surface area contributed by atoms with Crippen LogP contribution in [0, 0.1) is 13.8 Å². The zero-order valence-corrected chi connectivity index (χ0v) is 17.5. The van der Waals surface area contributed by atoms with Crippen LogP contribution in [-0.2, 0) is 13.2 Å². The Balaban J connectivity index is 1.68. The SMILES string of the molecule is COc1cc(CN(C)C(=O)c2cc(C)c(C)s2)ccc1OCc1ccccc1. The van der Waals surface area contributed by atoms with Gasteiger partial charge in [0.1, 0.15) is 6.61 Å². The Hall–Kier alpha value is -2.79. The number of ether oxygens (including phenoxy) is 2. The third kappa shape index (κ3) is 4.73. The predicted octanol–water partition coefficient (Wildman–Crippen LogP) is 5.22. The summed E-state index contributed by atoms with van der Waals surface area (Å²) in [5, 5.41) is 0. The van der Waals surface area contributed by atoms with Crippen molar-refractivity contribution in [3.63, 3.8) is 0 Å². The van der Waals surface area contributed by atoms with Crippen molar-refractivity contribution in [2.24, 2.45) is 0 Å². The van der Waals surface area contributed by atoms with Crippen LogP contribution in [0.25, 0.3) is 0 Å². The van der Waals surface area contributed by atoms with Crippen LogP contribution >= 0.6 is 11.3 Å². The topological polar surface area (TPSA) is 38.8 Å². The average Bonchev–Trinajstić information content (AvgIpc) is 3.05. The van der Waals surface area contributed by atoms with Gasteiger partial charge in [-0.3, -0.25) is 4.79 Å². The molecule has 4 nitrogen and oxygen atoms in total. The Morgan fingerprint density at radius 2 is 1.75 bits per heavy atom. The number of carbonyl (C=O) groups is 1. The predicted molar refractivity (Wildman–Crippen MR) is 113 cm³/mol. The van der Waals surface area contributed by atoms with Gasteiger partial charge in [-0.1, -0.05) is 36.4 Å². The third-order valence-electron chi connectivity index (χ3n) is 4.61. The summed E-state index contributed by atoms with van der Waals surface area (Å²) in [5.74, 6) is 1.38. The van der Waals surface area contributed by atoms with Gasteiger partial charge in [0.05, 0.1) is 12.0 Å². The van der Waals surface area contributed by atoms with Crippen molar-refractivity contribution in [3.8, 4) is 11.5 Å². The summed E-state index contributed by atoms with van der Waals surface area (Å²) >= 11 is 1.54. The Bertz CT molecular complexity index is 930. The summed E-state index contributed by atoms with van der Waals surface area (Å²) in [6.45, 7) is 5.05. The Kier molecular flexibility index (Phi) is 6.37. The van der Waals surface area contributed by atoms with Crippen LogP contribution in [0.4, 0.5) is 0 Å². The minimum atomic E-state index is 0.0320. The van der Waals surface area contributed by atoms with Crippen LogP contribution in [0.2, 0.25) is 0 Å². The van der Waals surface area contributed by atoms with Gasteiger partial charge in [0, 0.05) is 18.5 Å². The number of benzene rings is 2. The Morgan fingerprint density at radius 1 is 1.00 bits per heavy atom. The Labute approximate surface area is 170 Å². The third-order valence-corrected chi connectivity index (χ3v) is 5.75. The first-order valence-corrected chi connectivity index (χ1v) is 9.95. The molecule has 0 aliphatic carbocycles. The fraction of sp³-hybridized carbons (Fsp3) is 0.261. The highest BCUT2D eigenvalue weighted by molar-refractivity contribution is 7.14. The quantitative estimate of drug-likeness (QED) is 0.550. The van der Waals surface area contributed by atoms with Crippen molar-refractivity contribution in [1.82, 2.24) is 4.90 Å². The maximum atomic E-state index is 12.7. The van der Waals surface area contributed by atoms with E-state index in [9.17, 15) is 4.79 Å². The molecule has 0 saturated heterocycles. The van der Waals surface area contributed by atoms with Crippen LogP contribution in [0.1, 0.15) is 31.2 Å². The molecule has 0 radical (unpaired) electrons. The lowest BCUT2D eigenvalue weighted by molar-refractivity contribution is 0.0789. The molecule has 146 valence electrons. The molecule has 1 aromatic heterocycles. The van der Waals surface area contributed by atoms with Gasteiger partial charge in [-0.25, -0.2) is 0 Å². The van der Waals surface area contributed by atoms with Gasteiger partial charge in [-0.15, -0.1) is 11.3 Å². The molecular weight excluding hydrogens is 370 g/mol. The summed E-state index contributed by atoms with van der Waals surface area (Å²) in [5.41, 5.74) is 3.24. The molecule has 0 fully saturated rings. The number of aryl methyl sites for hydroxylation is 2. The minimum absolute atomic E-state index is 0.0320. The number of thiophene rings is 1. The molecule has 0 N–H and O–H groups in total. The van der Waals surface area contributed by atoms with Crippen molar-refractivity contribution in [3.05, 3.63) is 81.0 Å². The standard InChI is InChI=1S/C23H25NO3S/c1-16-12-22(28-17(16)2)23(25)24(3)14-19-10-11-20(21(13-19)26-4)27-15-18-8-6-5-7-9-18/h5-13H,14-15H2,1-4H3. The monoisotopic (exact) mass is 395 g/mol. The number of nitrogens with zero attached hydrogens (tertiary/aromatic N) is 1. The number of hydrogen-bond donors (Lipinski definition) is 0. The number of hydrogen-bond acceptors (Lipinski definition) is 4. The molecule has 0 atom stereocenters. The van der Waals surface area contributed by atoms with E-state index in [0.717, 1.165) is 21.6 Å². The van der Waals surface area contributed by atoms with Gasteiger partial charge in [-0.2, -0.15) is 0 Å². The maximum absolute atomic E-state index is 12.7. The number of amides is 1. The second-order valence-corrected chi connectivity index (χ2v) is 8.03. The molecule has 0 bridgehead atoms. The summed E-state index contributed by atoms with van der Waals surface area (Å²) in [7, 11) is 3.44. The van der Waals surface area contributed by atoms with Crippen LogP contribution in [-0.4, -0.2) is 25.0 Å². The van der Waals surface area contributed by atoms with E-state index in [1.54, 1.807) is 23.3 Å². The molecule has 0 saturated carbocycles. The van der Waals surface area contributed by atoms with Gasteiger partial charge in [0.25, 0.3) is 5.91 Å². The largest absolute Gasteiger partial charge is 0.493 e. The highest BCUT2D eigenvalue weighted by Gasteiger charge is 2.16. The van der Waals surface area contributed by atoms with E-state index in [2.05, 4.69) is 0 Å². The smallest absolute Gasteiger partial charge is 0.263 e. The summed E-state index contributed by atoms with van der Waals surface area (Å²) in [6.07, 6.45) is 0. The van der Waals surface area contributed by atoms with Crippen LogP contribution in [0.15, 0.2) is 54.6 Å². The zero-order valence-electron chi connectivity index (χ0n) is 16.7. The van der Waals surface area contributed by atoms with E-state index in [-0.39, 0.29) is 5.91 Å². The van der Waals surface area contributed by atoms with E-state index in [1.807, 2.05) is 75.5 Å². The van der Waals surface area contributed by atoms with E-state index in [4.69, 9.17) is 9.47 Å². The van der Waals surface area contributed by atoms with E-state index in [0.29, 0.717) is 24.7 Å². The van der Waals surface area contributed by atoms with E-state index < -0.39 is 0 Å². The first-order valence-electron chi connectivity index (χ1n) is 9.14. The molecule has 3 rings (SSSR count). The lowest BCUT2D eigenvalue weighted by Crippen LogP contribution is -2.25. The van der Waals surface area contributed by atoms with Crippen molar-refractivity contribution in [1.29, 1.82) is 0 Å². The normalized spacial score (nSPS) is 10.6. The number of carbonyl (C=O) groups excluding carboxylic acids is 1. The molecule has 5 heteroatoms. The molecule has 0 aliphatic rings. The molecule has 0 unspecified atom stereocenters. The average molecular weight is 396 g/mol. The fourth-order valence-corrected chi connectivity index (χ4v) is 3.91. The zero-order chi connectivity index (χ0) is 20.1. The van der Waals surface area contributed by atoms with Gasteiger partial charge >= 0.3 is 0 Å². The maximum Gasteiger partial charge on any atom is 0.263 e. The highest BCUT2D eigenvalue weighted by atomic mass is 32.1. The molecular formula is C23H25NO3S. The second-order valence-electron chi connectivity index (χ2n) is 6.77. The number of rotatable bonds is 7. The van der Waals surface area contributed by atoms with Gasteiger partial charge in [-0.05, 0) is 48.7 Å². The molecule has 1 amide bonds. The van der Waals surface area contributed by atoms with Gasteiger partial charge < -0.3 is 14.4 Å². The van der Waals surface area contributed by atoms with E-state index >= 15 is 0 Å². The first kappa shape index (κ1) is 20.0. The lowest BCUT2D eigenvalue weighted by Gasteiger charge is -2.18. The highest BCUT2D eigenvalue weighted by Crippen LogP contribution is 2.30. The summed E-state index contributed by atoms with van der Waals surface area (Å²) in [6, 6.07) is 17.8. The first-order chi connectivity index (χ1) is 13.5. The van der Waals surface area contributed by atoms with Crippen molar-refractivity contribution in [2.45, 2.75) is 27.0 Å². The van der Waals surface area contributed by atoms with E-state index in [1.165, 1.54) is 4.88 Å². The van der Waals surface area contributed by atoms with Crippen molar-refractivity contribution < 1.29 is 14.3 Å². The minimum Gasteiger partial charge on any atom is -0.493 e. The molecule has 1 heterocycles. The van der Waals surface area contributed by atoms with Crippen LogP contribution in [0.5, 0.6) is 11.5 Å². The van der Waals surface area contributed by atoms with Crippen LogP contribution in [0.3, 0.4) is 0 Å². The Morgan fingerprint density at radius 3 is 2.39 bits per heavy atom. The van der Waals surface area contributed by atoms with Gasteiger partial charge in [0.15, 0.2) is 11.5 Å². The molecule has 3 aromatic rings. The molecule has 2 aromatic carbocycles. The summed E-state index contributed by atoms with van der Waals surface area (Å²) < 4.78 is 11.4.